The lowest BCUT2D eigenvalue weighted by atomic mass is 9.97. The molecule has 0 bridgehead atoms. The lowest BCUT2D eigenvalue weighted by molar-refractivity contribution is 0.548. The number of rotatable bonds is 2. The molecular weight excluding hydrogens is 172 g/mol. The second kappa shape index (κ2) is 3.43. The van der Waals surface area contributed by atoms with E-state index >= 15 is 0 Å². The molecule has 2 nitrogen and oxygen atoms in total. The zero-order valence-corrected chi connectivity index (χ0v) is 9.33. The Balaban J connectivity index is 2.30. The van der Waals surface area contributed by atoms with Crippen molar-refractivity contribution in [3.05, 3.63) is 23.5 Å². The predicted octanol–water partition coefficient (Wildman–Crippen LogP) is 2.45. The summed E-state index contributed by atoms with van der Waals surface area (Å²) >= 11 is 0. The van der Waals surface area contributed by atoms with Crippen LogP contribution in [0.2, 0.25) is 0 Å². The molecule has 0 fully saturated rings. The summed E-state index contributed by atoms with van der Waals surface area (Å²) in [5.74, 6) is 0.588. The van der Waals surface area contributed by atoms with E-state index in [1.807, 2.05) is 0 Å². The van der Waals surface area contributed by atoms with Gasteiger partial charge in [-0.3, -0.25) is 0 Å². The van der Waals surface area contributed by atoms with Crippen molar-refractivity contribution in [2.24, 2.45) is 5.73 Å². The maximum Gasteiger partial charge on any atom is 0.0274 e. The Hall–Kier alpha value is -0.760. The largest absolute Gasteiger partial charge is 0.351 e. The molecule has 1 aliphatic rings. The molecule has 0 amide bonds. The van der Waals surface area contributed by atoms with Crippen molar-refractivity contribution in [3.63, 3.8) is 0 Å². The molecule has 1 aromatic rings. The minimum atomic E-state index is 0.291. The molecule has 1 aliphatic carbocycles. The topological polar surface area (TPSA) is 30.9 Å². The quantitative estimate of drug-likeness (QED) is 0.766. The van der Waals surface area contributed by atoms with Crippen LogP contribution in [-0.4, -0.2) is 10.6 Å². The molecule has 1 aromatic heterocycles. The smallest absolute Gasteiger partial charge is 0.0274 e. The van der Waals surface area contributed by atoms with Gasteiger partial charge in [0.25, 0.3) is 0 Å². The summed E-state index contributed by atoms with van der Waals surface area (Å²) in [6.45, 7) is 6.55. The predicted molar refractivity (Wildman–Crippen MR) is 59.5 cm³/mol. The molecule has 2 heteroatoms. The number of fused-ring (bicyclic) bond motifs is 1. The van der Waals surface area contributed by atoms with Gasteiger partial charge in [0.15, 0.2) is 0 Å². The van der Waals surface area contributed by atoms with Crippen LogP contribution in [-0.2, 0) is 6.42 Å². The summed E-state index contributed by atoms with van der Waals surface area (Å²) in [6.07, 6.45) is 7.03. The van der Waals surface area contributed by atoms with Gasteiger partial charge in [-0.05, 0) is 44.7 Å². The van der Waals surface area contributed by atoms with Gasteiger partial charge in [-0.25, -0.2) is 0 Å². The standard InChI is InChI=1S/C12H20N2/c1-8(2)14-6-10-4-5-11(9(3)13)12(10)7-14/h6-9,11H,4-5,13H2,1-3H3. The van der Waals surface area contributed by atoms with E-state index in [-0.39, 0.29) is 0 Å². The highest BCUT2D eigenvalue weighted by molar-refractivity contribution is 5.34. The van der Waals surface area contributed by atoms with Gasteiger partial charge in [-0.2, -0.15) is 0 Å². The Morgan fingerprint density at radius 2 is 2.07 bits per heavy atom. The molecule has 14 heavy (non-hydrogen) atoms. The third-order valence-corrected chi connectivity index (χ3v) is 3.32. The SMILES string of the molecule is CC(N)C1CCc2cn(C(C)C)cc21. The van der Waals surface area contributed by atoms with Crippen LogP contribution in [0.3, 0.4) is 0 Å². The average Bonchev–Trinajstić information content (AvgIpc) is 2.58. The van der Waals surface area contributed by atoms with Gasteiger partial charge < -0.3 is 10.3 Å². The van der Waals surface area contributed by atoms with Crippen molar-refractivity contribution < 1.29 is 0 Å². The highest BCUT2D eigenvalue weighted by atomic mass is 15.0. The lowest BCUT2D eigenvalue weighted by Gasteiger charge is -2.15. The van der Waals surface area contributed by atoms with E-state index in [4.69, 9.17) is 5.73 Å². The van der Waals surface area contributed by atoms with E-state index in [1.54, 1.807) is 0 Å². The average molecular weight is 192 g/mol. The summed E-state index contributed by atoms with van der Waals surface area (Å²) < 4.78 is 2.30. The highest BCUT2D eigenvalue weighted by Crippen LogP contribution is 2.36. The molecule has 0 spiro atoms. The van der Waals surface area contributed by atoms with E-state index in [9.17, 15) is 0 Å². The number of hydrogen-bond donors (Lipinski definition) is 1. The molecule has 0 saturated heterocycles. The van der Waals surface area contributed by atoms with Gasteiger partial charge >= 0.3 is 0 Å². The van der Waals surface area contributed by atoms with Crippen LogP contribution in [0.4, 0.5) is 0 Å². The number of nitrogens with two attached hydrogens (primary N) is 1. The van der Waals surface area contributed by atoms with Gasteiger partial charge in [0.2, 0.25) is 0 Å². The first-order valence-corrected chi connectivity index (χ1v) is 5.55. The van der Waals surface area contributed by atoms with Crippen LogP contribution >= 0.6 is 0 Å². The fraction of sp³-hybridized carbons (Fsp3) is 0.667. The van der Waals surface area contributed by atoms with Crippen LogP contribution in [0, 0.1) is 0 Å². The molecule has 78 valence electrons. The van der Waals surface area contributed by atoms with Crippen molar-refractivity contribution in [3.8, 4) is 0 Å². The second-order valence-corrected chi connectivity index (χ2v) is 4.78. The fourth-order valence-corrected chi connectivity index (χ4v) is 2.39. The molecule has 2 atom stereocenters. The van der Waals surface area contributed by atoms with Crippen LogP contribution in [0.15, 0.2) is 12.4 Å². The van der Waals surface area contributed by atoms with E-state index < -0.39 is 0 Å². The van der Waals surface area contributed by atoms with Gasteiger partial charge in [0.05, 0.1) is 0 Å². The van der Waals surface area contributed by atoms with Crippen molar-refractivity contribution in [1.29, 1.82) is 0 Å². The number of hydrogen-bond acceptors (Lipinski definition) is 1. The van der Waals surface area contributed by atoms with Gasteiger partial charge in [-0.15, -0.1) is 0 Å². The highest BCUT2D eigenvalue weighted by Gasteiger charge is 2.27. The Kier molecular flexibility index (Phi) is 2.40. The molecule has 1 heterocycles. The molecule has 2 N–H and O–H groups in total. The maximum absolute atomic E-state index is 5.99. The van der Waals surface area contributed by atoms with Gasteiger partial charge in [-0.1, -0.05) is 0 Å². The Labute approximate surface area is 86.1 Å². The van der Waals surface area contributed by atoms with E-state index in [0.717, 1.165) is 0 Å². The Bertz CT molecular complexity index is 323. The zero-order chi connectivity index (χ0) is 10.3. The van der Waals surface area contributed by atoms with Crippen molar-refractivity contribution in [2.75, 3.05) is 0 Å². The second-order valence-electron chi connectivity index (χ2n) is 4.78. The normalized spacial score (nSPS) is 22.8. The summed E-state index contributed by atoms with van der Waals surface area (Å²) in [6, 6.07) is 0.855. The maximum atomic E-state index is 5.99. The molecule has 0 radical (unpaired) electrons. The van der Waals surface area contributed by atoms with Gasteiger partial charge in [0, 0.05) is 30.4 Å². The summed E-state index contributed by atoms with van der Waals surface area (Å²) in [4.78, 5) is 0. The zero-order valence-electron chi connectivity index (χ0n) is 9.33. The van der Waals surface area contributed by atoms with Crippen LogP contribution in [0.25, 0.3) is 0 Å². The molecule has 2 unspecified atom stereocenters. The van der Waals surface area contributed by atoms with Crippen LogP contribution in [0.1, 0.15) is 50.3 Å². The van der Waals surface area contributed by atoms with Crippen molar-refractivity contribution >= 4 is 0 Å². The minimum Gasteiger partial charge on any atom is -0.351 e. The number of aryl methyl sites for hydroxylation is 1. The van der Waals surface area contributed by atoms with E-state index in [0.29, 0.717) is 18.0 Å². The summed E-state index contributed by atoms with van der Waals surface area (Å²) in [5, 5.41) is 0. The monoisotopic (exact) mass is 192 g/mol. The van der Waals surface area contributed by atoms with Gasteiger partial charge in [0.1, 0.15) is 0 Å². The van der Waals surface area contributed by atoms with Crippen molar-refractivity contribution in [2.45, 2.75) is 51.6 Å². The molecule has 2 rings (SSSR count). The first-order valence-electron chi connectivity index (χ1n) is 5.55. The van der Waals surface area contributed by atoms with E-state index in [1.165, 1.54) is 24.0 Å². The minimum absolute atomic E-state index is 0.291. The third kappa shape index (κ3) is 1.48. The summed E-state index contributed by atoms with van der Waals surface area (Å²) in [5.41, 5.74) is 9.00. The van der Waals surface area contributed by atoms with Crippen molar-refractivity contribution in [1.82, 2.24) is 4.57 Å². The lowest BCUT2D eigenvalue weighted by Crippen LogP contribution is -2.22. The van der Waals surface area contributed by atoms with Crippen LogP contribution < -0.4 is 5.73 Å². The Morgan fingerprint density at radius 1 is 1.36 bits per heavy atom. The summed E-state index contributed by atoms with van der Waals surface area (Å²) in [7, 11) is 0. The van der Waals surface area contributed by atoms with E-state index in [2.05, 4.69) is 37.7 Å². The first-order chi connectivity index (χ1) is 6.59. The molecule has 0 saturated carbocycles. The molecule has 0 aliphatic heterocycles. The first kappa shape index (κ1) is 9.78. The molecular formula is C12H20N2. The Morgan fingerprint density at radius 3 is 2.64 bits per heavy atom. The number of aromatic nitrogens is 1. The van der Waals surface area contributed by atoms with Crippen LogP contribution in [0.5, 0.6) is 0 Å². The number of nitrogens with zero attached hydrogens (tertiary/aromatic N) is 1. The fourth-order valence-electron chi connectivity index (χ4n) is 2.39. The molecule has 0 aromatic carbocycles. The third-order valence-electron chi connectivity index (χ3n) is 3.32.